The lowest BCUT2D eigenvalue weighted by Crippen LogP contribution is -2.38. The van der Waals surface area contributed by atoms with Gasteiger partial charge in [-0.15, -0.1) is 13.2 Å². The molecule has 124 valence electrons. The van der Waals surface area contributed by atoms with Gasteiger partial charge in [-0.1, -0.05) is 18.2 Å². The molecule has 0 spiro atoms. The Morgan fingerprint density at radius 1 is 1.23 bits per heavy atom. The van der Waals surface area contributed by atoms with E-state index in [1.807, 2.05) is 6.92 Å². The van der Waals surface area contributed by atoms with Gasteiger partial charge >= 0.3 is 6.36 Å². The maximum Gasteiger partial charge on any atom is 0.573 e. The van der Waals surface area contributed by atoms with Crippen molar-refractivity contribution < 1.29 is 22.6 Å². The number of hydrogen-bond acceptors (Lipinski definition) is 3. The van der Waals surface area contributed by atoms with Gasteiger partial charge in [0, 0.05) is 25.8 Å². The molecule has 0 radical (unpaired) electrons. The van der Waals surface area contributed by atoms with Gasteiger partial charge < -0.3 is 20.1 Å². The van der Waals surface area contributed by atoms with Crippen molar-refractivity contribution >= 4 is 5.96 Å². The minimum atomic E-state index is -4.72. The van der Waals surface area contributed by atoms with Crippen LogP contribution >= 0.6 is 0 Å². The third-order valence-corrected chi connectivity index (χ3v) is 2.55. The number of guanidine groups is 1. The molecule has 0 fully saturated rings. The molecule has 0 saturated heterocycles. The maximum absolute atomic E-state index is 12.3. The molecule has 1 rings (SSSR count). The molecule has 1 aromatic rings. The van der Waals surface area contributed by atoms with E-state index in [0.29, 0.717) is 31.2 Å². The van der Waals surface area contributed by atoms with E-state index < -0.39 is 6.36 Å². The zero-order chi connectivity index (χ0) is 16.4. The lowest BCUT2D eigenvalue weighted by Gasteiger charge is -2.13. The summed E-state index contributed by atoms with van der Waals surface area (Å²) in [4.78, 5) is 4.24. The van der Waals surface area contributed by atoms with Crippen LogP contribution < -0.4 is 15.4 Å². The molecule has 5 nitrogen and oxygen atoms in total. The predicted molar refractivity (Wildman–Crippen MR) is 77.8 cm³/mol. The normalized spacial score (nSPS) is 12.1. The molecule has 0 unspecified atom stereocenters. The van der Waals surface area contributed by atoms with Crippen LogP contribution in [0.1, 0.15) is 12.5 Å². The summed E-state index contributed by atoms with van der Waals surface area (Å²) in [5.41, 5.74) is 0.351. The van der Waals surface area contributed by atoms with Crippen LogP contribution in [-0.4, -0.2) is 39.1 Å². The number of benzene rings is 1. The molecule has 2 N–H and O–H groups in total. The lowest BCUT2D eigenvalue weighted by molar-refractivity contribution is -0.274. The van der Waals surface area contributed by atoms with Gasteiger partial charge in [0.05, 0.1) is 13.2 Å². The molecular formula is C14H20F3N3O2. The molecule has 0 atom stereocenters. The number of alkyl halides is 3. The van der Waals surface area contributed by atoms with Gasteiger partial charge in [0.2, 0.25) is 0 Å². The van der Waals surface area contributed by atoms with Crippen molar-refractivity contribution in [2.24, 2.45) is 4.99 Å². The van der Waals surface area contributed by atoms with E-state index >= 15 is 0 Å². The Balaban J connectivity index is 2.76. The van der Waals surface area contributed by atoms with Crippen LogP contribution in [-0.2, 0) is 11.3 Å². The fourth-order valence-corrected chi connectivity index (χ4v) is 1.64. The number of nitrogens with zero attached hydrogens (tertiary/aromatic N) is 1. The zero-order valence-electron chi connectivity index (χ0n) is 12.5. The zero-order valence-corrected chi connectivity index (χ0v) is 12.5. The van der Waals surface area contributed by atoms with Crippen molar-refractivity contribution in [1.82, 2.24) is 10.6 Å². The number of ether oxygens (including phenoxy) is 2. The Labute approximate surface area is 127 Å². The van der Waals surface area contributed by atoms with Crippen molar-refractivity contribution in [1.29, 1.82) is 0 Å². The van der Waals surface area contributed by atoms with Gasteiger partial charge in [0.1, 0.15) is 5.75 Å². The highest BCUT2D eigenvalue weighted by Gasteiger charge is 2.31. The Morgan fingerprint density at radius 2 is 1.95 bits per heavy atom. The molecule has 0 saturated carbocycles. The molecule has 22 heavy (non-hydrogen) atoms. The minimum Gasteiger partial charge on any atom is -0.405 e. The average molecular weight is 319 g/mol. The van der Waals surface area contributed by atoms with E-state index in [0.717, 1.165) is 0 Å². The van der Waals surface area contributed by atoms with E-state index in [2.05, 4.69) is 20.4 Å². The fourth-order valence-electron chi connectivity index (χ4n) is 1.64. The predicted octanol–water partition coefficient (Wildman–Crippen LogP) is 2.29. The number of para-hydroxylation sites is 1. The number of methoxy groups -OCH3 is 1. The highest BCUT2D eigenvalue weighted by Crippen LogP contribution is 2.26. The summed E-state index contributed by atoms with van der Waals surface area (Å²) in [7, 11) is 1.58. The summed E-state index contributed by atoms with van der Waals surface area (Å²) in [5, 5.41) is 6.01. The monoisotopic (exact) mass is 319 g/mol. The van der Waals surface area contributed by atoms with Crippen LogP contribution in [0.2, 0.25) is 0 Å². The summed E-state index contributed by atoms with van der Waals surface area (Å²) in [6, 6.07) is 5.93. The standard InChI is InChI=1S/C14H20F3N3O2/c1-3-18-13(19-8-9-21-2)20-10-11-6-4-5-7-12(11)22-14(15,16)17/h4-7H,3,8-10H2,1-2H3,(H2,18,19,20). The van der Waals surface area contributed by atoms with Crippen LogP contribution in [0, 0.1) is 0 Å². The molecule has 0 amide bonds. The smallest absolute Gasteiger partial charge is 0.405 e. The molecule has 8 heteroatoms. The molecular weight excluding hydrogens is 299 g/mol. The number of rotatable bonds is 7. The van der Waals surface area contributed by atoms with Gasteiger partial charge in [-0.05, 0) is 13.0 Å². The van der Waals surface area contributed by atoms with Gasteiger partial charge in [0.25, 0.3) is 0 Å². The highest BCUT2D eigenvalue weighted by molar-refractivity contribution is 5.79. The van der Waals surface area contributed by atoms with Crippen LogP contribution in [0.15, 0.2) is 29.3 Å². The highest BCUT2D eigenvalue weighted by atomic mass is 19.4. The summed E-state index contributed by atoms with van der Waals surface area (Å²) in [5.74, 6) is 0.257. The summed E-state index contributed by atoms with van der Waals surface area (Å²) < 4.78 is 46.0. The third kappa shape index (κ3) is 7.16. The minimum absolute atomic E-state index is 0.0641. The number of nitrogens with one attached hydrogen (secondary N) is 2. The van der Waals surface area contributed by atoms with Crippen LogP contribution in [0.3, 0.4) is 0 Å². The molecule has 0 aromatic heterocycles. The lowest BCUT2D eigenvalue weighted by atomic mass is 10.2. The van der Waals surface area contributed by atoms with E-state index in [-0.39, 0.29) is 12.3 Å². The first-order chi connectivity index (χ1) is 10.5. The van der Waals surface area contributed by atoms with E-state index in [1.54, 1.807) is 19.2 Å². The largest absolute Gasteiger partial charge is 0.573 e. The van der Waals surface area contributed by atoms with E-state index in [4.69, 9.17) is 4.74 Å². The second kappa shape index (κ2) is 9.14. The van der Waals surface area contributed by atoms with E-state index in [9.17, 15) is 13.2 Å². The molecule has 0 heterocycles. The van der Waals surface area contributed by atoms with Gasteiger partial charge in [-0.25, -0.2) is 4.99 Å². The Morgan fingerprint density at radius 3 is 2.59 bits per heavy atom. The molecule has 0 aliphatic carbocycles. The molecule has 0 aliphatic heterocycles. The first-order valence-electron chi connectivity index (χ1n) is 6.81. The van der Waals surface area contributed by atoms with Crippen molar-refractivity contribution in [3.8, 4) is 5.75 Å². The molecule has 0 bridgehead atoms. The molecule has 1 aromatic carbocycles. The van der Waals surface area contributed by atoms with Crippen LogP contribution in [0.4, 0.5) is 13.2 Å². The van der Waals surface area contributed by atoms with Crippen molar-refractivity contribution in [2.75, 3.05) is 26.8 Å². The van der Waals surface area contributed by atoms with Gasteiger partial charge in [-0.3, -0.25) is 0 Å². The van der Waals surface area contributed by atoms with Crippen LogP contribution in [0.25, 0.3) is 0 Å². The average Bonchev–Trinajstić information content (AvgIpc) is 2.44. The second-order valence-corrected chi connectivity index (χ2v) is 4.27. The fraction of sp³-hybridized carbons (Fsp3) is 0.500. The topological polar surface area (TPSA) is 54.9 Å². The Bertz CT molecular complexity index is 479. The SMILES string of the molecule is CCNC(=NCc1ccccc1OC(F)(F)F)NCCOC. The quantitative estimate of drug-likeness (QED) is 0.460. The van der Waals surface area contributed by atoms with E-state index in [1.165, 1.54) is 12.1 Å². The van der Waals surface area contributed by atoms with Crippen LogP contribution in [0.5, 0.6) is 5.75 Å². The maximum atomic E-state index is 12.3. The van der Waals surface area contributed by atoms with Gasteiger partial charge in [0.15, 0.2) is 5.96 Å². The number of halogens is 3. The summed E-state index contributed by atoms with van der Waals surface area (Å²) >= 11 is 0. The second-order valence-electron chi connectivity index (χ2n) is 4.27. The molecule has 0 aliphatic rings. The first-order valence-corrected chi connectivity index (χ1v) is 6.81. The number of aliphatic imine (C=N–C) groups is 1. The first kappa shape index (κ1) is 18.1. The van der Waals surface area contributed by atoms with Crippen molar-refractivity contribution in [2.45, 2.75) is 19.8 Å². The van der Waals surface area contributed by atoms with Crippen molar-refractivity contribution in [3.63, 3.8) is 0 Å². The number of hydrogen-bond donors (Lipinski definition) is 2. The Kier molecular flexibility index (Phi) is 7.51. The van der Waals surface area contributed by atoms with Crippen molar-refractivity contribution in [3.05, 3.63) is 29.8 Å². The Hall–Kier alpha value is -1.96. The third-order valence-electron chi connectivity index (χ3n) is 2.55. The van der Waals surface area contributed by atoms with Gasteiger partial charge in [-0.2, -0.15) is 0 Å². The summed E-state index contributed by atoms with van der Waals surface area (Å²) in [6.07, 6.45) is -4.72. The summed E-state index contributed by atoms with van der Waals surface area (Å²) in [6.45, 7) is 3.64.